The van der Waals surface area contributed by atoms with Gasteiger partial charge in [-0.2, -0.15) is 0 Å². The molecular formula is C29H33N3O4. The van der Waals surface area contributed by atoms with Crippen molar-refractivity contribution in [3.8, 4) is 0 Å². The largest absolute Gasteiger partial charge is 0.459 e. The standard InChI is InChI=1S/C29H33N3O4/c33-28(30-24-9-4-5-10-24)27(23-12-14-25(15-13-23)31-16-19-35-20-17-31)32(21-22-7-2-1-3-8-22)29(34)26-11-6-18-36-26/h1-3,6-8,11-15,18,24,27H,4-5,9-10,16-17,19-21H2,(H,30,33)/t27-/m1/s1. The second-order valence-electron chi connectivity index (χ2n) is 9.48. The number of nitrogens with one attached hydrogen (secondary N) is 1. The van der Waals surface area contributed by atoms with Crippen LogP contribution in [0.25, 0.3) is 0 Å². The zero-order valence-corrected chi connectivity index (χ0v) is 20.5. The molecule has 0 unspecified atom stereocenters. The van der Waals surface area contributed by atoms with E-state index >= 15 is 0 Å². The van der Waals surface area contributed by atoms with Crippen LogP contribution in [0.4, 0.5) is 5.69 Å². The van der Waals surface area contributed by atoms with E-state index in [0.717, 1.165) is 55.6 Å². The number of carbonyl (C=O) groups is 2. The Hall–Kier alpha value is -3.58. The van der Waals surface area contributed by atoms with Gasteiger partial charge in [-0.05, 0) is 48.2 Å². The van der Waals surface area contributed by atoms with Crippen LogP contribution in [0.5, 0.6) is 0 Å². The van der Waals surface area contributed by atoms with E-state index in [-0.39, 0.29) is 30.2 Å². The van der Waals surface area contributed by atoms with E-state index in [1.807, 2.05) is 54.6 Å². The van der Waals surface area contributed by atoms with Crippen molar-refractivity contribution in [2.24, 2.45) is 0 Å². The number of rotatable bonds is 8. The van der Waals surface area contributed by atoms with Crippen molar-refractivity contribution >= 4 is 17.5 Å². The highest BCUT2D eigenvalue weighted by Crippen LogP contribution is 2.29. The van der Waals surface area contributed by atoms with E-state index in [9.17, 15) is 9.59 Å². The van der Waals surface area contributed by atoms with Gasteiger partial charge >= 0.3 is 0 Å². The number of amides is 2. The number of anilines is 1. The number of hydrogen-bond acceptors (Lipinski definition) is 5. The Bertz CT molecular complexity index is 1120. The molecule has 2 amide bonds. The molecule has 5 rings (SSSR count). The normalized spacial score (nSPS) is 17.1. The molecule has 2 heterocycles. The van der Waals surface area contributed by atoms with Crippen molar-refractivity contribution in [1.82, 2.24) is 10.2 Å². The number of furan rings is 1. The van der Waals surface area contributed by atoms with E-state index in [2.05, 4.69) is 10.2 Å². The maximum absolute atomic E-state index is 13.8. The van der Waals surface area contributed by atoms with Crippen LogP contribution in [-0.2, 0) is 16.1 Å². The summed E-state index contributed by atoms with van der Waals surface area (Å²) in [6.07, 6.45) is 5.66. The first-order chi connectivity index (χ1) is 17.7. The summed E-state index contributed by atoms with van der Waals surface area (Å²) in [6, 6.07) is 20.5. The minimum atomic E-state index is -0.790. The van der Waals surface area contributed by atoms with Crippen molar-refractivity contribution in [3.05, 3.63) is 89.9 Å². The first-order valence-corrected chi connectivity index (χ1v) is 12.8. The predicted molar refractivity (Wildman–Crippen MR) is 138 cm³/mol. The summed E-state index contributed by atoms with van der Waals surface area (Å²) in [5.41, 5.74) is 2.81. The van der Waals surface area contributed by atoms with E-state index in [4.69, 9.17) is 9.15 Å². The number of carbonyl (C=O) groups excluding carboxylic acids is 2. The lowest BCUT2D eigenvalue weighted by Crippen LogP contribution is -2.45. The molecule has 0 bridgehead atoms. The third kappa shape index (κ3) is 5.62. The second kappa shape index (κ2) is 11.4. The van der Waals surface area contributed by atoms with E-state index in [1.165, 1.54) is 6.26 Å². The molecule has 36 heavy (non-hydrogen) atoms. The van der Waals surface area contributed by atoms with Crippen molar-refractivity contribution < 1.29 is 18.7 Å². The molecule has 2 aromatic carbocycles. The predicted octanol–water partition coefficient (Wildman–Crippen LogP) is 4.56. The van der Waals surface area contributed by atoms with Crippen LogP contribution in [0.2, 0.25) is 0 Å². The van der Waals surface area contributed by atoms with Crippen LogP contribution < -0.4 is 10.2 Å². The molecule has 188 valence electrons. The van der Waals surface area contributed by atoms with Gasteiger partial charge in [-0.1, -0.05) is 55.3 Å². The van der Waals surface area contributed by atoms with Crippen LogP contribution in [0.1, 0.15) is 53.4 Å². The van der Waals surface area contributed by atoms with Gasteiger partial charge in [0.05, 0.1) is 19.5 Å². The molecule has 1 saturated carbocycles. The third-order valence-electron chi connectivity index (χ3n) is 7.04. The number of hydrogen-bond donors (Lipinski definition) is 1. The Morgan fingerprint density at radius 1 is 0.944 bits per heavy atom. The second-order valence-corrected chi connectivity index (χ2v) is 9.48. The average molecular weight is 488 g/mol. The molecular weight excluding hydrogens is 454 g/mol. The van der Waals surface area contributed by atoms with Crippen LogP contribution >= 0.6 is 0 Å². The smallest absolute Gasteiger partial charge is 0.290 e. The Kier molecular flexibility index (Phi) is 7.67. The number of nitrogens with zero attached hydrogens (tertiary/aromatic N) is 2. The Labute approximate surface area is 212 Å². The summed E-state index contributed by atoms with van der Waals surface area (Å²) < 4.78 is 11.0. The SMILES string of the molecule is O=C(NC1CCCC1)[C@@H](c1ccc(N2CCOCC2)cc1)N(Cc1ccccc1)C(=O)c1ccco1. The van der Waals surface area contributed by atoms with Gasteiger partial charge in [0.2, 0.25) is 5.91 Å². The Morgan fingerprint density at radius 3 is 2.33 bits per heavy atom. The molecule has 2 fully saturated rings. The summed E-state index contributed by atoms with van der Waals surface area (Å²) in [6.45, 7) is 3.37. The number of morpholine rings is 1. The summed E-state index contributed by atoms with van der Waals surface area (Å²) in [5.74, 6) is -0.251. The summed E-state index contributed by atoms with van der Waals surface area (Å²) in [4.78, 5) is 31.4. The van der Waals surface area contributed by atoms with Gasteiger partial charge in [-0.3, -0.25) is 9.59 Å². The molecule has 7 heteroatoms. The molecule has 1 aromatic heterocycles. The minimum absolute atomic E-state index is 0.143. The topological polar surface area (TPSA) is 75.0 Å². The fourth-order valence-corrected chi connectivity index (χ4v) is 5.11. The van der Waals surface area contributed by atoms with Crippen molar-refractivity contribution in [2.75, 3.05) is 31.2 Å². The first kappa shape index (κ1) is 24.1. The van der Waals surface area contributed by atoms with Crippen molar-refractivity contribution in [2.45, 2.75) is 44.3 Å². The average Bonchev–Trinajstić information content (AvgIpc) is 3.64. The van der Waals surface area contributed by atoms with Crippen molar-refractivity contribution in [1.29, 1.82) is 0 Å². The van der Waals surface area contributed by atoms with Gasteiger partial charge in [0.15, 0.2) is 5.76 Å². The molecule has 1 N–H and O–H groups in total. The van der Waals surface area contributed by atoms with Crippen LogP contribution in [0.15, 0.2) is 77.4 Å². The van der Waals surface area contributed by atoms with Crippen LogP contribution in [0.3, 0.4) is 0 Å². The molecule has 2 aliphatic rings. The fourth-order valence-electron chi connectivity index (χ4n) is 5.11. The van der Waals surface area contributed by atoms with Crippen molar-refractivity contribution in [3.63, 3.8) is 0 Å². The van der Waals surface area contributed by atoms with Gasteiger partial charge in [-0.25, -0.2) is 0 Å². The van der Waals surface area contributed by atoms with E-state index in [0.29, 0.717) is 13.2 Å². The Balaban J connectivity index is 1.49. The number of ether oxygens (including phenoxy) is 1. The van der Waals surface area contributed by atoms with E-state index in [1.54, 1.807) is 17.0 Å². The summed E-state index contributed by atoms with van der Waals surface area (Å²) in [5, 5.41) is 3.23. The molecule has 7 nitrogen and oxygen atoms in total. The maximum Gasteiger partial charge on any atom is 0.290 e. The van der Waals surface area contributed by atoms with Gasteiger partial charge in [0.25, 0.3) is 5.91 Å². The van der Waals surface area contributed by atoms with Crippen LogP contribution in [0, 0.1) is 0 Å². The minimum Gasteiger partial charge on any atom is -0.459 e. The molecule has 0 radical (unpaired) electrons. The van der Waals surface area contributed by atoms with Gasteiger partial charge < -0.3 is 24.3 Å². The molecule has 1 saturated heterocycles. The third-order valence-corrected chi connectivity index (χ3v) is 7.04. The summed E-state index contributed by atoms with van der Waals surface area (Å²) >= 11 is 0. The lowest BCUT2D eigenvalue weighted by Gasteiger charge is -2.33. The quantitative estimate of drug-likeness (QED) is 0.504. The molecule has 0 spiro atoms. The summed E-state index contributed by atoms with van der Waals surface area (Å²) in [7, 11) is 0. The highest BCUT2D eigenvalue weighted by molar-refractivity contribution is 5.96. The highest BCUT2D eigenvalue weighted by Gasteiger charge is 2.34. The number of benzene rings is 2. The maximum atomic E-state index is 13.8. The van der Waals surface area contributed by atoms with Gasteiger partial charge in [-0.15, -0.1) is 0 Å². The molecule has 3 aromatic rings. The van der Waals surface area contributed by atoms with Gasteiger partial charge in [0, 0.05) is 31.4 Å². The molecule has 1 aliphatic carbocycles. The lowest BCUT2D eigenvalue weighted by molar-refractivity contribution is -0.126. The lowest BCUT2D eigenvalue weighted by atomic mass is 10.0. The molecule has 1 aliphatic heterocycles. The van der Waals surface area contributed by atoms with Gasteiger partial charge in [0.1, 0.15) is 6.04 Å². The van der Waals surface area contributed by atoms with Crippen LogP contribution in [-0.4, -0.2) is 49.1 Å². The molecule has 1 atom stereocenters. The zero-order chi connectivity index (χ0) is 24.7. The zero-order valence-electron chi connectivity index (χ0n) is 20.5. The monoisotopic (exact) mass is 487 g/mol. The van der Waals surface area contributed by atoms with E-state index < -0.39 is 6.04 Å². The highest BCUT2D eigenvalue weighted by atomic mass is 16.5. The first-order valence-electron chi connectivity index (χ1n) is 12.8. The Morgan fingerprint density at radius 2 is 1.67 bits per heavy atom. The fraction of sp³-hybridized carbons (Fsp3) is 0.379.